The highest BCUT2D eigenvalue weighted by molar-refractivity contribution is 6.30. The Morgan fingerprint density at radius 3 is 2.45 bits per heavy atom. The van der Waals surface area contributed by atoms with Crippen LogP contribution in [0.1, 0.15) is 18.4 Å². The molecule has 9 heteroatoms. The number of benzene rings is 1. The maximum absolute atomic E-state index is 12.4. The highest BCUT2D eigenvalue weighted by Crippen LogP contribution is 2.14. The highest BCUT2D eigenvalue weighted by Gasteiger charge is 2.24. The summed E-state index contributed by atoms with van der Waals surface area (Å²) in [5.74, 6) is 1.15. The second-order valence-electron chi connectivity index (χ2n) is 8.02. The first-order valence-electron chi connectivity index (χ1n) is 10.9. The van der Waals surface area contributed by atoms with E-state index in [0.717, 1.165) is 69.3 Å². The minimum absolute atomic E-state index is 0.270. The van der Waals surface area contributed by atoms with E-state index in [4.69, 9.17) is 11.6 Å². The first kappa shape index (κ1) is 21.6. The van der Waals surface area contributed by atoms with Crippen molar-refractivity contribution in [1.29, 1.82) is 0 Å². The van der Waals surface area contributed by atoms with E-state index < -0.39 is 0 Å². The standard InChI is InChI=1S/C22H30ClN7O/c1-24-22(25-14-18-15-26-30(16-18)20-6-4-19(23)5-7-20)29-12-10-27(11-13-29)17-21(31)28-8-2-3-9-28/h4-7,15-16H,2-3,8-14,17H2,1H3,(H,24,25). The average Bonchev–Trinajstić information content (AvgIpc) is 3.48. The molecule has 8 nitrogen and oxygen atoms in total. The van der Waals surface area contributed by atoms with E-state index in [-0.39, 0.29) is 5.91 Å². The lowest BCUT2D eigenvalue weighted by Gasteiger charge is -2.36. The molecule has 0 unspecified atom stereocenters. The van der Waals surface area contributed by atoms with Crippen molar-refractivity contribution in [3.05, 3.63) is 47.2 Å². The third-order valence-corrected chi connectivity index (χ3v) is 6.13. The van der Waals surface area contributed by atoms with E-state index in [1.807, 2.05) is 53.3 Å². The van der Waals surface area contributed by atoms with Gasteiger partial charge in [-0.3, -0.25) is 14.7 Å². The molecule has 1 N–H and O–H groups in total. The number of carbonyl (C=O) groups is 1. The van der Waals surface area contributed by atoms with Gasteiger partial charge in [0.05, 0.1) is 18.4 Å². The molecule has 3 heterocycles. The smallest absolute Gasteiger partial charge is 0.236 e. The van der Waals surface area contributed by atoms with Gasteiger partial charge in [0.2, 0.25) is 5.91 Å². The van der Waals surface area contributed by atoms with Crippen LogP contribution in [0.15, 0.2) is 41.7 Å². The molecular weight excluding hydrogens is 414 g/mol. The zero-order valence-corrected chi connectivity index (χ0v) is 18.8. The Labute approximate surface area is 188 Å². The summed E-state index contributed by atoms with van der Waals surface area (Å²) in [6.07, 6.45) is 6.14. The summed E-state index contributed by atoms with van der Waals surface area (Å²) >= 11 is 5.96. The molecule has 1 amide bonds. The summed E-state index contributed by atoms with van der Waals surface area (Å²) in [6, 6.07) is 7.60. The van der Waals surface area contributed by atoms with Gasteiger partial charge in [0, 0.05) is 69.6 Å². The van der Waals surface area contributed by atoms with Crippen LogP contribution >= 0.6 is 11.6 Å². The van der Waals surface area contributed by atoms with E-state index >= 15 is 0 Å². The van der Waals surface area contributed by atoms with E-state index in [2.05, 4.69) is 25.2 Å². The summed E-state index contributed by atoms with van der Waals surface area (Å²) in [5.41, 5.74) is 2.05. The molecular formula is C22H30ClN7O. The molecule has 2 fully saturated rings. The van der Waals surface area contributed by atoms with Crippen molar-refractivity contribution in [2.75, 3.05) is 52.9 Å². The van der Waals surface area contributed by atoms with Crippen LogP contribution in [-0.2, 0) is 11.3 Å². The molecule has 0 aliphatic carbocycles. The van der Waals surface area contributed by atoms with Crippen LogP contribution in [0, 0.1) is 0 Å². The molecule has 2 aliphatic rings. The van der Waals surface area contributed by atoms with E-state index in [9.17, 15) is 4.79 Å². The Balaban J connectivity index is 1.25. The summed E-state index contributed by atoms with van der Waals surface area (Å²) in [7, 11) is 1.81. The average molecular weight is 444 g/mol. The molecule has 1 aromatic heterocycles. The van der Waals surface area contributed by atoms with Crippen molar-refractivity contribution in [3.8, 4) is 5.69 Å². The Bertz CT molecular complexity index is 897. The molecule has 4 rings (SSSR count). The molecule has 2 saturated heterocycles. The van der Waals surface area contributed by atoms with Crippen molar-refractivity contribution in [2.24, 2.45) is 4.99 Å². The van der Waals surface area contributed by atoms with Crippen LogP contribution in [-0.4, -0.2) is 89.2 Å². The molecule has 2 aliphatic heterocycles. The zero-order chi connectivity index (χ0) is 21.6. The van der Waals surface area contributed by atoms with Gasteiger partial charge in [-0.05, 0) is 37.1 Å². The number of nitrogens with one attached hydrogen (secondary N) is 1. The summed E-state index contributed by atoms with van der Waals surface area (Å²) in [6.45, 7) is 6.48. The Morgan fingerprint density at radius 1 is 1.06 bits per heavy atom. The molecule has 0 saturated carbocycles. The minimum Gasteiger partial charge on any atom is -0.352 e. The predicted octanol–water partition coefficient (Wildman–Crippen LogP) is 1.84. The van der Waals surface area contributed by atoms with Crippen LogP contribution in [0.5, 0.6) is 0 Å². The Hall–Kier alpha value is -2.58. The number of piperazine rings is 1. The Kier molecular flexibility index (Phi) is 7.09. The first-order valence-corrected chi connectivity index (χ1v) is 11.3. The molecule has 1 aromatic carbocycles. The molecule has 0 bridgehead atoms. The van der Waals surface area contributed by atoms with Gasteiger partial charge in [-0.25, -0.2) is 4.68 Å². The fourth-order valence-corrected chi connectivity index (χ4v) is 4.20. The number of hydrogen-bond donors (Lipinski definition) is 1. The van der Waals surface area contributed by atoms with Crippen LogP contribution in [0.3, 0.4) is 0 Å². The van der Waals surface area contributed by atoms with Gasteiger partial charge in [0.15, 0.2) is 5.96 Å². The quantitative estimate of drug-likeness (QED) is 0.564. The van der Waals surface area contributed by atoms with Crippen molar-refractivity contribution < 1.29 is 4.79 Å². The molecule has 2 aromatic rings. The lowest BCUT2D eigenvalue weighted by Crippen LogP contribution is -2.54. The maximum Gasteiger partial charge on any atom is 0.236 e. The number of aromatic nitrogens is 2. The van der Waals surface area contributed by atoms with Gasteiger partial charge in [-0.15, -0.1) is 0 Å². The summed E-state index contributed by atoms with van der Waals surface area (Å²) in [4.78, 5) is 23.3. The fraction of sp³-hybridized carbons (Fsp3) is 0.500. The maximum atomic E-state index is 12.4. The van der Waals surface area contributed by atoms with Crippen molar-refractivity contribution >= 4 is 23.5 Å². The number of likely N-dealkylation sites (tertiary alicyclic amines) is 1. The second-order valence-corrected chi connectivity index (χ2v) is 8.46. The van der Waals surface area contributed by atoms with Crippen LogP contribution in [0.25, 0.3) is 5.69 Å². The number of nitrogens with zero attached hydrogens (tertiary/aromatic N) is 6. The van der Waals surface area contributed by atoms with E-state index in [1.54, 1.807) is 0 Å². The van der Waals surface area contributed by atoms with Crippen LogP contribution in [0.2, 0.25) is 5.02 Å². The van der Waals surface area contributed by atoms with Crippen molar-refractivity contribution in [1.82, 2.24) is 29.8 Å². The minimum atomic E-state index is 0.270. The van der Waals surface area contributed by atoms with Gasteiger partial charge in [-0.2, -0.15) is 5.10 Å². The van der Waals surface area contributed by atoms with Gasteiger partial charge < -0.3 is 15.1 Å². The van der Waals surface area contributed by atoms with E-state index in [1.165, 1.54) is 0 Å². The number of hydrogen-bond acceptors (Lipinski definition) is 4. The van der Waals surface area contributed by atoms with Crippen LogP contribution < -0.4 is 5.32 Å². The predicted molar refractivity (Wildman–Crippen MR) is 123 cm³/mol. The number of rotatable bonds is 5. The lowest BCUT2D eigenvalue weighted by molar-refractivity contribution is -0.131. The van der Waals surface area contributed by atoms with Gasteiger partial charge >= 0.3 is 0 Å². The summed E-state index contributed by atoms with van der Waals surface area (Å²) < 4.78 is 1.84. The number of aliphatic imine (C=N–C) groups is 1. The molecule has 31 heavy (non-hydrogen) atoms. The fourth-order valence-electron chi connectivity index (χ4n) is 4.08. The second kappa shape index (κ2) is 10.2. The third-order valence-electron chi connectivity index (χ3n) is 5.88. The molecule has 0 radical (unpaired) electrons. The normalized spacial score (nSPS) is 17.9. The first-order chi connectivity index (χ1) is 15.1. The summed E-state index contributed by atoms with van der Waals surface area (Å²) in [5, 5.41) is 8.59. The monoisotopic (exact) mass is 443 g/mol. The largest absolute Gasteiger partial charge is 0.352 e. The van der Waals surface area contributed by atoms with Crippen LogP contribution in [0.4, 0.5) is 0 Å². The number of guanidine groups is 1. The van der Waals surface area contributed by atoms with Gasteiger partial charge in [0.25, 0.3) is 0 Å². The SMILES string of the molecule is CN=C(NCc1cnn(-c2ccc(Cl)cc2)c1)N1CCN(CC(=O)N2CCCC2)CC1. The van der Waals surface area contributed by atoms with E-state index in [0.29, 0.717) is 18.1 Å². The van der Waals surface area contributed by atoms with Crippen molar-refractivity contribution in [2.45, 2.75) is 19.4 Å². The van der Waals surface area contributed by atoms with Crippen molar-refractivity contribution in [3.63, 3.8) is 0 Å². The third kappa shape index (κ3) is 5.57. The Morgan fingerprint density at radius 2 is 1.77 bits per heavy atom. The van der Waals surface area contributed by atoms with Gasteiger partial charge in [-0.1, -0.05) is 11.6 Å². The number of amides is 1. The lowest BCUT2D eigenvalue weighted by atomic mass is 10.3. The number of carbonyl (C=O) groups excluding carboxylic acids is 1. The molecule has 0 spiro atoms. The van der Waals surface area contributed by atoms with Gasteiger partial charge in [0.1, 0.15) is 0 Å². The molecule has 166 valence electrons. The number of halogens is 1. The zero-order valence-electron chi connectivity index (χ0n) is 18.0. The molecule has 0 atom stereocenters. The highest BCUT2D eigenvalue weighted by atomic mass is 35.5. The topological polar surface area (TPSA) is 69.0 Å².